The van der Waals surface area contributed by atoms with E-state index in [1.807, 2.05) is 19.1 Å². The molecule has 0 aliphatic carbocycles. The van der Waals surface area contributed by atoms with Gasteiger partial charge < -0.3 is 15.8 Å². The first kappa shape index (κ1) is 15.2. The lowest BCUT2D eigenvalue weighted by Gasteiger charge is -2.15. The van der Waals surface area contributed by atoms with Crippen molar-refractivity contribution in [3.05, 3.63) is 41.2 Å². The van der Waals surface area contributed by atoms with Crippen molar-refractivity contribution in [2.24, 2.45) is 0 Å². The molecule has 1 aromatic heterocycles. The van der Waals surface area contributed by atoms with Gasteiger partial charge >= 0.3 is 0 Å². The minimum Gasteiger partial charge on any atom is -0.375 e. The van der Waals surface area contributed by atoms with Crippen molar-refractivity contribution in [2.45, 2.75) is 33.4 Å². The van der Waals surface area contributed by atoms with Gasteiger partial charge in [-0.25, -0.2) is 0 Å². The number of ether oxygens (including phenoxy) is 1. The van der Waals surface area contributed by atoms with E-state index < -0.39 is 0 Å². The number of aromatic nitrogens is 3. The Hall–Kier alpha value is -2.21. The Morgan fingerprint density at radius 3 is 2.67 bits per heavy atom. The second-order valence-corrected chi connectivity index (χ2v) is 5.05. The number of nitrogens with zero attached hydrogens (tertiary/aromatic N) is 3. The Morgan fingerprint density at radius 1 is 1.19 bits per heavy atom. The summed E-state index contributed by atoms with van der Waals surface area (Å²) in [6.45, 7) is 7.02. The zero-order chi connectivity index (χ0) is 15.2. The number of rotatable bonds is 6. The Labute approximate surface area is 124 Å². The number of aryl methyl sites for hydroxylation is 2. The molecule has 21 heavy (non-hydrogen) atoms. The van der Waals surface area contributed by atoms with Crippen LogP contribution in [0.15, 0.2) is 24.3 Å². The fourth-order valence-corrected chi connectivity index (χ4v) is 1.95. The van der Waals surface area contributed by atoms with E-state index in [1.54, 1.807) is 6.92 Å². The normalized spacial score (nSPS) is 12.1. The van der Waals surface area contributed by atoms with Gasteiger partial charge in [-0.2, -0.15) is 15.0 Å². The minimum absolute atomic E-state index is 0.0789. The van der Waals surface area contributed by atoms with E-state index in [0.29, 0.717) is 25.0 Å². The smallest absolute Gasteiger partial charge is 0.228 e. The standard InChI is InChI=1S/C15H21N5O/c1-10-6-4-5-7-13(10)9-21-8-11(2)17-15-19-12(3)18-14(16)20-15/h4-7,11H,8-9H2,1-3H3,(H3,16,17,18,19,20). The molecule has 0 fully saturated rings. The summed E-state index contributed by atoms with van der Waals surface area (Å²) in [6.07, 6.45) is 0. The monoisotopic (exact) mass is 287 g/mol. The van der Waals surface area contributed by atoms with Crippen LogP contribution in [-0.4, -0.2) is 27.6 Å². The number of nitrogens with one attached hydrogen (secondary N) is 1. The van der Waals surface area contributed by atoms with Crippen LogP contribution < -0.4 is 11.1 Å². The van der Waals surface area contributed by atoms with E-state index in [1.165, 1.54) is 11.1 Å². The highest BCUT2D eigenvalue weighted by atomic mass is 16.5. The van der Waals surface area contributed by atoms with Gasteiger partial charge in [0.25, 0.3) is 0 Å². The van der Waals surface area contributed by atoms with Crippen molar-refractivity contribution in [3.8, 4) is 0 Å². The first-order valence-electron chi connectivity index (χ1n) is 6.91. The summed E-state index contributed by atoms with van der Waals surface area (Å²) in [5.74, 6) is 1.29. The Bertz CT molecular complexity index is 582. The number of nitrogens with two attached hydrogens (primary N) is 1. The van der Waals surface area contributed by atoms with Crippen molar-refractivity contribution in [1.29, 1.82) is 0 Å². The van der Waals surface area contributed by atoms with Gasteiger partial charge in [0.1, 0.15) is 5.82 Å². The maximum absolute atomic E-state index is 5.73. The maximum atomic E-state index is 5.73. The van der Waals surface area contributed by atoms with Gasteiger partial charge in [0, 0.05) is 6.04 Å². The largest absolute Gasteiger partial charge is 0.375 e. The molecule has 0 saturated carbocycles. The van der Waals surface area contributed by atoms with E-state index >= 15 is 0 Å². The molecule has 1 aromatic carbocycles. The molecule has 1 heterocycles. The summed E-state index contributed by atoms with van der Waals surface area (Å²) in [5, 5.41) is 3.16. The van der Waals surface area contributed by atoms with Gasteiger partial charge in [-0.15, -0.1) is 0 Å². The second-order valence-electron chi connectivity index (χ2n) is 5.05. The van der Waals surface area contributed by atoms with E-state index in [4.69, 9.17) is 10.5 Å². The van der Waals surface area contributed by atoms with E-state index in [9.17, 15) is 0 Å². The SMILES string of the molecule is Cc1nc(N)nc(NC(C)COCc2ccccc2C)n1. The van der Waals surface area contributed by atoms with E-state index in [-0.39, 0.29) is 12.0 Å². The van der Waals surface area contributed by atoms with Crippen LogP contribution in [0.25, 0.3) is 0 Å². The summed E-state index contributed by atoms with van der Waals surface area (Å²) < 4.78 is 5.73. The minimum atomic E-state index is 0.0789. The van der Waals surface area contributed by atoms with Gasteiger partial charge in [0.15, 0.2) is 0 Å². The Balaban J connectivity index is 1.82. The van der Waals surface area contributed by atoms with Crippen molar-refractivity contribution < 1.29 is 4.74 Å². The second kappa shape index (κ2) is 6.99. The lowest BCUT2D eigenvalue weighted by molar-refractivity contribution is 0.114. The highest BCUT2D eigenvalue weighted by molar-refractivity contribution is 5.31. The van der Waals surface area contributed by atoms with Gasteiger partial charge in [0.05, 0.1) is 13.2 Å². The molecule has 0 bridgehead atoms. The molecule has 112 valence electrons. The molecule has 0 aliphatic rings. The van der Waals surface area contributed by atoms with Gasteiger partial charge in [-0.05, 0) is 31.9 Å². The lowest BCUT2D eigenvalue weighted by atomic mass is 10.1. The topological polar surface area (TPSA) is 86.0 Å². The van der Waals surface area contributed by atoms with Gasteiger partial charge in [-0.3, -0.25) is 0 Å². The molecule has 2 aromatic rings. The lowest BCUT2D eigenvalue weighted by Crippen LogP contribution is -2.23. The fraction of sp³-hybridized carbons (Fsp3) is 0.400. The van der Waals surface area contributed by atoms with Crippen LogP contribution in [0.4, 0.5) is 11.9 Å². The molecule has 6 nitrogen and oxygen atoms in total. The number of nitrogen functional groups attached to an aromatic ring is 1. The molecule has 6 heteroatoms. The van der Waals surface area contributed by atoms with Crippen LogP contribution in [0, 0.1) is 13.8 Å². The average molecular weight is 287 g/mol. The predicted octanol–water partition coefficient (Wildman–Crippen LogP) is 2.09. The number of benzene rings is 1. The van der Waals surface area contributed by atoms with Gasteiger partial charge in [-0.1, -0.05) is 24.3 Å². The Kier molecular flexibility index (Phi) is 5.05. The van der Waals surface area contributed by atoms with Crippen LogP contribution >= 0.6 is 0 Å². The molecule has 0 spiro atoms. The van der Waals surface area contributed by atoms with Crippen LogP contribution in [-0.2, 0) is 11.3 Å². The summed E-state index contributed by atoms with van der Waals surface area (Å²) in [6, 6.07) is 8.27. The third-order valence-electron chi connectivity index (χ3n) is 3.03. The first-order valence-corrected chi connectivity index (χ1v) is 6.91. The Morgan fingerprint density at radius 2 is 1.95 bits per heavy atom. The zero-order valence-electron chi connectivity index (χ0n) is 12.6. The quantitative estimate of drug-likeness (QED) is 0.846. The van der Waals surface area contributed by atoms with Crippen molar-refractivity contribution in [3.63, 3.8) is 0 Å². The summed E-state index contributed by atoms with van der Waals surface area (Å²) >= 11 is 0. The molecule has 2 rings (SSSR count). The average Bonchev–Trinajstić information content (AvgIpc) is 2.39. The summed E-state index contributed by atoms with van der Waals surface area (Å²) in [7, 11) is 0. The molecule has 0 aliphatic heterocycles. The highest BCUT2D eigenvalue weighted by Crippen LogP contribution is 2.09. The number of hydrogen-bond donors (Lipinski definition) is 2. The molecule has 1 atom stereocenters. The van der Waals surface area contributed by atoms with Crippen LogP contribution in [0.5, 0.6) is 0 Å². The molecular formula is C15H21N5O. The number of hydrogen-bond acceptors (Lipinski definition) is 6. The van der Waals surface area contributed by atoms with Crippen LogP contribution in [0.2, 0.25) is 0 Å². The first-order chi connectivity index (χ1) is 10.0. The molecule has 1 unspecified atom stereocenters. The van der Waals surface area contributed by atoms with E-state index in [0.717, 1.165) is 0 Å². The zero-order valence-corrected chi connectivity index (χ0v) is 12.6. The molecule has 0 radical (unpaired) electrons. The van der Waals surface area contributed by atoms with Crippen LogP contribution in [0.1, 0.15) is 23.9 Å². The molecular weight excluding hydrogens is 266 g/mol. The van der Waals surface area contributed by atoms with Crippen molar-refractivity contribution in [1.82, 2.24) is 15.0 Å². The summed E-state index contributed by atoms with van der Waals surface area (Å²) in [5.41, 5.74) is 8.03. The summed E-state index contributed by atoms with van der Waals surface area (Å²) in [4.78, 5) is 12.2. The van der Waals surface area contributed by atoms with E-state index in [2.05, 4.69) is 39.3 Å². The fourth-order valence-electron chi connectivity index (χ4n) is 1.95. The predicted molar refractivity (Wildman–Crippen MR) is 82.9 cm³/mol. The molecule has 0 saturated heterocycles. The highest BCUT2D eigenvalue weighted by Gasteiger charge is 2.07. The number of anilines is 2. The van der Waals surface area contributed by atoms with Gasteiger partial charge in [0.2, 0.25) is 11.9 Å². The maximum Gasteiger partial charge on any atom is 0.228 e. The van der Waals surface area contributed by atoms with Crippen LogP contribution in [0.3, 0.4) is 0 Å². The van der Waals surface area contributed by atoms with Crippen molar-refractivity contribution >= 4 is 11.9 Å². The third-order valence-corrected chi connectivity index (χ3v) is 3.03. The molecule has 0 amide bonds. The third kappa shape index (κ3) is 4.68. The van der Waals surface area contributed by atoms with Crippen molar-refractivity contribution in [2.75, 3.05) is 17.7 Å². The molecule has 3 N–H and O–H groups in total.